The van der Waals surface area contributed by atoms with Crippen LogP contribution in [0.2, 0.25) is 0 Å². The summed E-state index contributed by atoms with van der Waals surface area (Å²) in [6.45, 7) is 3.22. The summed E-state index contributed by atoms with van der Waals surface area (Å²) in [4.78, 5) is 28.1. The fourth-order valence-corrected chi connectivity index (χ4v) is 4.36. The Labute approximate surface area is 169 Å². The van der Waals surface area contributed by atoms with Crippen LogP contribution in [-0.2, 0) is 4.74 Å². The first kappa shape index (κ1) is 20.7. The Morgan fingerprint density at radius 3 is 2.11 bits per heavy atom. The van der Waals surface area contributed by atoms with Gasteiger partial charge in [-0.3, -0.25) is 14.3 Å². The van der Waals surface area contributed by atoms with Gasteiger partial charge in [0.1, 0.15) is 45.0 Å². The van der Waals surface area contributed by atoms with Gasteiger partial charge < -0.3 is 10.1 Å². The summed E-state index contributed by atoms with van der Waals surface area (Å²) in [7, 11) is 10.7. The molecule has 1 fully saturated rings. The number of rotatable bonds is 4. The monoisotopic (exact) mass is 375 g/mol. The van der Waals surface area contributed by atoms with Crippen molar-refractivity contribution in [1.29, 1.82) is 0 Å². The molecule has 0 amide bonds. The molecular formula is C17H26B5N3O3. The van der Waals surface area contributed by atoms with Crippen LogP contribution in [0.25, 0.3) is 0 Å². The molecule has 2 heterocycles. The topological polar surface area (TPSA) is 76.1 Å². The van der Waals surface area contributed by atoms with Crippen molar-refractivity contribution in [3.63, 3.8) is 0 Å². The Morgan fingerprint density at radius 1 is 1.04 bits per heavy atom. The molecule has 11 heteroatoms. The molecule has 0 unspecified atom stereocenters. The van der Waals surface area contributed by atoms with Gasteiger partial charge in [-0.2, -0.15) is 0 Å². The van der Waals surface area contributed by atoms with Gasteiger partial charge in [0.15, 0.2) is 0 Å². The lowest BCUT2D eigenvalue weighted by Gasteiger charge is -2.26. The van der Waals surface area contributed by atoms with Gasteiger partial charge in [0, 0.05) is 31.4 Å². The van der Waals surface area contributed by atoms with E-state index < -0.39 is 0 Å². The molecule has 2 aromatic rings. The van der Waals surface area contributed by atoms with Crippen LogP contribution in [0.4, 0.5) is 5.82 Å². The minimum atomic E-state index is -0.362. The van der Waals surface area contributed by atoms with E-state index in [4.69, 9.17) is 4.74 Å². The summed E-state index contributed by atoms with van der Waals surface area (Å²) in [5.41, 5.74) is 6.98. The zero-order valence-corrected chi connectivity index (χ0v) is 17.7. The van der Waals surface area contributed by atoms with Crippen molar-refractivity contribution in [3.8, 4) is 0 Å². The van der Waals surface area contributed by atoms with Crippen LogP contribution in [0.15, 0.2) is 15.7 Å². The Hall–Kier alpha value is -2.02. The quantitative estimate of drug-likeness (QED) is 0.522. The van der Waals surface area contributed by atoms with Crippen LogP contribution in [0, 0.1) is 0 Å². The number of hydrogen-bond donors (Lipinski definition) is 2. The highest BCUT2D eigenvalue weighted by Crippen LogP contribution is 2.18. The number of aromatic amines is 1. The third kappa shape index (κ3) is 3.77. The molecule has 1 aliphatic rings. The zero-order valence-electron chi connectivity index (χ0n) is 17.7. The number of benzene rings is 1. The molecule has 0 radical (unpaired) electrons. The van der Waals surface area contributed by atoms with Crippen molar-refractivity contribution in [2.24, 2.45) is 0 Å². The molecule has 1 atom stereocenters. The van der Waals surface area contributed by atoms with Crippen molar-refractivity contribution >= 4 is 72.4 Å². The van der Waals surface area contributed by atoms with Crippen LogP contribution in [-0.4, -0.2) is 62.0 Å². The summed E-state index contributed by atoms with van der Waals surface area (Å²) in [5, 5.41) is 3.33. The lowest BCUT2D eigenvalue weighted by molar-refractivity contribution is 0.0674. The highest BCUT2D eigenvalue weighted by atomic mass is 16.5. The highest BCUT2D eigenvalue weighted by molar-refractivity contribution is 6.67. The SMILES string of the molecule is Bc1c(B)c(B)c([C@H](C)Nc2cc(=O)n(C3CCOCC3)c(=O)[nH]2)c(B)c1B. The number of anilines is 1. The summed E-state index contributed by atoms with van der Waals surface area (Å²) >= 11 is 0. The average Bonchev–Trinajstić information content (AvgIpc) is 2.65. The number of hydrogen-bond acceptors (Lipinski definition) is 4. The standard InChI is InChI=1S/C17H26B5N3O3/c1-7(11-12(18)14(20)16(22)15(21)13(11)19)23-9-6-10(26)25(17(27)24-9)8-2-4-28-5-3-8/h6-8,23H,2-5,18-22H2,1H3,(H,24,27)/t7-/m0/s1. The first-order valence-corrected chi connectivity index (χ1v) is 9.99. The molecule has 0 aliphatic carbocycles. The fourth-order valence-electron chi connectivity index (χ4n) is 4.36. The molecule has 28 heavy (non-hydrogen) atoms. The van der Waals surface area contributed by atoms with E-state index in [1.54, 1.807) is 0 Å². The third-order valence-corrected chi connectivity index (χ3v) is 6.38. The van der Waals surface area contributed by atoms with Gasteiger partial charge in [0.2, 0.25) is 0 Å². The first-order chi connectivity index (χ1) is 13.2. The second-order valence-electron chi connectivity index (χ2n) is 7.94. The van der Waals surface area contributed by atoms with E-state index in [0.29, 0.717) is 31.9 Å². The lowest BCUT2D eigenvalue weighted by Crippen LogP contribution is -2.57. The van der Waals surface area contributed by atoms with Gasteiger partial charge in [-0.1, -0.05) is 10.9 Å². The van der Waals surface area contributed by atoms with Gasteiger partial charge in [-0.05, 0) is 25.3 Å². The largest absolute Gasteiger partial charge is 0.381 e. The van der Waals surface area contributed by atoms with E-state index in [-0.39, 0.29) is 23.3 Å². The van der Waals surface area contributed by atoms with Gasteiger partial charge in [-0.25, -0.2) is 4.79 Å². The summed E-state index contributed by atoms with van der Waals surface area (Å²) < 4.78 is 6.66. The normalized spacial score (nSPS) is 16.0. The third-order valence-electron chi connectivity index (χ3n) is 6.38. The maximum absolute atomic E-state index is 12.6. The minimum absolute atomic E-state index is 0.0352. The van der Waals surface area contributed by atoms with Gasteiger partial charge in [0.25, 0.3) is 5.56 Å². The van der Waals surface area contributed by atoms with Gasteiger partial charge in [-0.15, -0.1) is 16.4 Å². The van der Waals surface area contributed by atoms with Crippen molar-refractivity contribution < 1.29 is 4.74 Å². The maximum Gasteiger partial charge on any atom is 0.330 e. The van der Waals surface area contributed by atoms with E-state index in [9.17, 15) is 9.59 Å². The van der Waals surface area contributed by atoms with Crippen LogP contribution < -0.4 is 43.9 Å². The fraction of sp³-hybridized carbons (Fsp3) is 0.412. The van der Waals surface area contributed by atoms with E-state index >= 15 is 0 Å². The number of ether oxygens (including phenoxy) is 1. The lowest BCUT2D eigenvalue weighted by atomic mass is 9.59. The summed E-state index contributed by atoms with van der Waals surface area (Å²) in [6, 6.07) is 1.36. The number of aromatic nitrogens is 2. The Kier molecular flexibility index (Phi) is 6.03. The molecule has 1 saturated heterocycles. The Balaban J connectivity index is 1.93. The smallest absolute Gasteiger partial charge is 0.330 e. The second-order valence-corrected chi connectivity index (χ2v) is 7.94. The molecule has 142 valence electrons. The average molecular weight is 374 g/mol. The van der Waals surface area contributed by atoms with E-state index in [0.717, 1.165) is 0 Å². The molecule has 0 saturated carbocycles. The van der Waals surface area contributed by atoms with Crippen LogP contribution in [0.3, 0.4) is 0 Å². The van der Waals surface area contributed by atoms with Gasteiger partial charge >= 0.3 is 5.69 Å². The van der Waals surface area contributed by atoms with Crippen molar-refractivity contribution in [3.05, 3.63) is 32.5 Å². The van der Waals surface area contributed by atoms with Crippen molar-refractivity contribution in [2.45, 2.75) is 31.8 Å². The molecule has 0 bridgehead atoms. The number of nitrogens with zero attached hydrogens (tertiary/aromatic N) is 1. The van der Waals surface area contributed by atoms with Crippen LogP contribution in [0.1, 0.15) is 37.4 Å². The molecular weight excluding hydrogens is 348 g/mol. The molecule has 0 spiro atoms. The van der Waals surface area contributed by atoms with Crippen molar-refractivity contribution in [2.75, 3.05) is 18.5 Å². The summed E-state index contributed by atoms with van der Waals surface area (Å²) in [6.07, 6.45) is 1.37. The Morgan fingerprint density at radius 2 is 1.57 bits per heavy atom. The molecule has 3 rings (SSSR count). The predicted octanol–water partition coefficient (Wildman–Crippen LogP) is -6.65. The first-order valence-electron chi connectivity index (χ1n) is 9.99. The predicted molar refractivity (Wildman–Crippen MR) is 130 cm³/mol. The molecule has 1 aromatic heterocycles. The van der Waals surface area contributed by atoms with E-state index in [1.165, 1.54) is 43.5 Å². The molecule has 1 aromatic carbocycles. The highest BCUT2D eigenvalue weighted by Gasteiger charge is 2.21. The Bertz CT molecular complexity index is 954. The van der Waals surface area contributed by atoms with Crippen LogP contribution >= 0.6 is 0 Å². The minimum Gasteiger partial charge on any atom is -0.381 e. The number of H-pyrrole nitrogens is 1. The maximum atomic E-state index is 12.6. The molecule has 2 N–H and O–H groups in total. The number of nitrogens with one attached hydrogen (secondary N) is 2. The molecule has 1 aliphatic heterocycles. The van der Waals surface area contributed by atoms with Crippen LogP contribution in [0.5, 0.6) is 0 Å². The van der Waals surface area contributed by atoms with Gasteiger partial charge in [0.05, 0.1) is 0 Å². The molecule has 6 nitrogen and oxygen atoms in total. The zero-order chi connectivity index (χ0) is 20.6. The summed E-state index contributed by atoms with van der Waals surface area (Å²) in [5.74, 6) is 0.459. The van der Waals surface area contributed by atoms with E-state index in [1.807, 2.05) is 0 Å². The second kappa shape index (κ2) is 8.15. The van der Waals surface area contributed by atoms with E-state index in [2.05, 4.69) is 56.5 Å². The van der Waals surface area contributed by atoms with Crippen molar-refractivity contribution in [1.82, 2.24) is 9.55 Å².